The minimum absolute atomic E-state index is 0.0751. The summed E-state index contributed by atoms with van der Waals surface area (Å²) in [5.41, 5.74) is 1.41. The van der Waals surface area contributed by atoms with Gasteiger partial charge in [-0.15, -0.1) is 22.0 Å². The Labute approximate surface area is 204 Å². The molecule has 1 aromatic heterocycles. The van der Waals surface area contributed by atoms with E-state index in [1.165, 1.54) is 0 Å². The zero-order valence-corrected chi connectivity index (χ0v) is 20.0. The van der Waals surface area contributed by atoms with Crippen LogP contribution in [0.15, 0.2) is 59.0 Å². The molecule has 8 nitrogen and oxygen atoms in total. The first-order valence-corrected chi connectivity index (χ1v) is 12.7. The molecule has 1 N–H and O–H groups in total. The van der Waals surface area contributed by atoms with Gasteiger partial charge in [-0.05, 0) is 49.4 Å². The number of rotatable bonds is 12. The topological polar surface area (TPSA) is 89.7 Å². The zero-order chi connectivity index (χ0) is 23.4. The normalized spacial score (nSPS) is 14.1. The summed E-state index contributed by atoms with van der Waals surface area (Å²) in [5.74, 6) is 3.26. The second-order valence-electron chi connectivity index (χ2n) is 7.86. The highest BCUT2D eigenvalue weighted by Crippen LogP contribution is 2.21. The van der Waals surface area contributed by atoms with Gasteiger partial charge in [0.05, 0.1) is 25.6 Å². The molecule has 0 atom stereocenters. The number of benzene rings is 2. The fraction of sp³-hybridized carbons (Fsp3) is 0.400. The van der Waals surface area contributed by atoms with Crippen molar-refractivity contribution in [2.75, 3.05) is 51.8 Å². The molecule has 0 bridgehead atoms. The van der Waals surface area contributed by atoms with Crippen molar-refractivity contribution in [2.45, 2.75) is 12.2 Å². The minimum atomic E-state index is -0.0751. The molecule has 3 aromatic rings. The van der Waals surface area contributed by atoms with Crippen molar-refractivity contribution in [1.82, 2.24) is 20.4 Å². The van der Waals surface area contributed by atoms with Crippen LogP contribution in [0, 0.1) is 0 Å². The quantitative estimate of drug-likeness (QED) is 0.393. The number of thioether (sulfide) groups is 1. The number of hydrogen-bond donors (Lipinski definition) is 1. The largest absolute Gasteiger partial charge is 0.493 e. The number of carbonyl (C=O) groups is 1. The minimum Gasteiger partial charge on any atom is -0.493 e. The lowest BCUT2D eigenvalue weighted by Crippen LogP contribution is -2.38. The van der Waals surface area contributed by atoms with Gasteiger partial charge in [0.1, 0.15) is 5.75 Å². The number of aromatic nitrogens is 2. The Morgan fingerprint density at radius 1 is 1.06 bits per heavy atom. The van der Waals surface area contributed by atoms with E-state index in [1.54, 1.807) is 23.9 Å². The first-order valence-electron chi connectivity index (χ1n) is 11.5. The molecule has 1 amide bonds. The predicted octanol–water partition coefficient (Wildman–Crippen LogP) is 3.50. The van der Waals surface area contributed by atoms with Crippen LogP contribution < -0.4 is 10.1 Å². The van der Waals surface area contributed by atoms with Gasteiger partial charge in [-0.3, -0.25) is 9.69 Å². The van der Waals surface area contributed by atoms with Crippen LogP contribution in [0.2, 0.25) is 0 Å². The van der Waals surface area contributed by atoms with Crippen molar-refractivity contribution in [2.24, 2.45) is 0 Å². The van der Waals surface area contributed by atoms with Gasteiger partial charge in [-0.25, -0.2) is 0 Å². The SMILES string of the molecule is O=C(NCCCN1CCOCC1)c1ccc(-c2nnc(CSCCOc3ccccc3)o2)cc1. The molecule has 2 aromatic carbocycles. The maximum Gasteiger partial charge on any atom is 0.251 e. The maximum absolute atomic E-state index is 12.4. The molecule has 1 aliphatic rings. The number of nitrogens with one attached hydrogen (secondary N) is 1. The summed E-state index contributed by atoms with van der Waals surface area (Å²) >= 11 is 1.68. The summed E-state index contributed by atoms with van der Waals surface area (Å²) in [6, 6.07) is 17.0. The highest BCUT2D eigenvalue weighted by atomic mass is 32.2. The third-order valence-corrected chi connectivity index (χ3v) is 6.27. The molecular formula is C25H30N4O4S. The van der Waals surface area contributed by atoms with E-state index >= 15 is 0 Å². The predicted molar refractivity (Wildman–Crippen MR) is 132 cm³/mol. The van der Waals surface area contributed by atoms with Crippen LogP contribution in [-0.4, -0.2) is 72.8 Å². The van der Waals surface area contributed by atoms with Gasteiger partial charge in [-0.2, -0.15) is 0 Å². The van der Waals surface area contributed by atoms with E-state index in [2.05, 4.69) is 20.4 Å². The molecule has 1 fully saturated rings. The summed E-state index contributed by atoms with van der Waals surface area (Å²) in [5, 5.41) is 11.2. The highest BCUT2D eigenvalue weighted by molar-refractivity contribution is 7.98. The molecule has 0 saturated carbocycles. The molecule has 0 spiro atoms. The van der Waals surface area contributed by atoms with Crippen molar-refractivity contribution in [1.29, 1.82) is 0 Å². The lowest BCUT2D eigenvalue weighted by atomic mass is 10.1. The van der Waals surface area contributed by atoms with E-state index in [1.807, 2.05) is 42.5 Å². The summed E-state index contributed by atoms with van der Waals surface area (Å²) in [6.07, 6.45) is 0.922. The van der Waals surface area contributed by atoms with Gasteiger partial charge in [0, 0.05) is 36.5 Å². The van der Waals surface area contributed by atoms with Crippen molar-refractivity contribution < 1.29 is 18.7 Å². The Morgan fingerprint density at radius 2 is 1.85 bits per heavy atom. The molecule has 0 aliphatic carbocycles. The monoisotopic (exact) mass is 482 g/mol. The van der Waals surface area contributed by atoms with E-state index in [4.69, 9.17) is 13.9 Å². The Bertz CT molecular complexity index is 1010. The fourth-order valence-electron chi connectivity index (χ4n) is 3.52. The van der Waals surface area contributed by atoms with Crippen LogP contribution >= 0.6 is 11.8 Å². The molecular weight excluding hydrogens is 452 g/mol. The third-order valence-electron chi connectivity index (χ3n) is 5.37. The highest BCUT2D eigenvalue weighted by Gasteiger charge is 2.12. The molecule has 0 radical (unpaired) electrons. The molecule has 9 heteroatoms. The second kappa shape index (κ2) is 13.1. The standard InChI is InChI=1S/C25H30N4O4S/c30-24(26-11-4-12-29-13-15-31-16-14-29)20-7-9-21(10-8-20)25-28-27-23(33-25)19-34-18-17-32-22-5-2-1-3-6-22/h1-3,5-10H,4,11-19H2,(H,26,30). The van der Waals surface area contributed by atoms with Gasteiger partial charge in [0.25, 0.3) is 5.91 Å². The Morgan fingerprint density at radius 3 is 2.65 bits per heavy atom. The lowest BCUT2D eigenvalue weighted by Gasteiger charge is -2.26. The van der Waals surface area contributed by atoms with Gasteiger partial charge >= 0.3 is 0 Å². The van der Waals surface area contributed by atoms with Crippen LogP contribution in [0.3, 0.4) is 0 Å². The first-order chi connectivity index (χ1) is 16.8. The molecule has 1 aliphatic heterocycles. The van der Waals surface area contributed by atoms with E-state index in [0.29, 0.717) is 36.2 Å². The maximum atomic E-state index is 12.4. The third kappa shape index (κ3) is 7.58. The molecule has 0 unspecified atom stereocenters. The van der Waals surface area contributed by atoms with Crippen molar-refractivity contribution in [3.63, 3.8) is 0 Å². The van der Waals surface area contributed by atoms with Gasteiger partial charge in [0.2, 0.25) is 11.8 Å². The van der Waals surface area contributed by atoms with E-state index in [-0.39, 0.29) is 5.91 Å². The van der Waals surface area contributed by atoms with E-state index in [0.717, 1.165) is 56.3 Å². The van der Waals surface area contributed by atoms with Crippen molar-refractivity contribution >= 4 is 17.7 Å². The average Bonchev–Trinajstić information content (AvgIpc) is 3.37. The average molecular weight is 483 g/mol. The Balaban J connectivity index is 1.16. The lowest BCUT2D eigenvalue weighted by molar-refractivity contribution is 0.0374. The Hall–Kier alpha value is -2.88. The van der Waals surface area contributed by atoms with Crippen molar-refractivity contribution in [3.8, 4) is 17.2 Å². The summed E-state index contributed by atoms with van der Waals surface area (Å²) in [7, 11) is 0. The van der Waals surface area contributed by atoms with Gasteiger partial charge in [-0.1, -0.05) is 18.2 Å². The van der Waals surface area contributed by atoms with Crippen LogP contribution in [-0.2, 0) is 10.5 Å². The molecule has 2 heterocycles. The number of ether oxygens (including phenoxy) is 2. The van der Waals surface area contributed by atoms with Crippen molar-refractivity contribution in [3.05, 3.63) is 66.1 Å². The van der Waals surface area contributed by atoms with Crippen LogP contribution in [0.25, 0.3) is 11.5 Å². The fourth-order valence-corrected chi connectivity index (χ4v) is 4.16. The van der Waals surface area contributed by atoms with E-state index in [9.17, 15) is 4.79 Å². The number of nitrogens with zero attached hydrogens (tertiary/aromatic N) is 3. The number of amides is 1. The first kappa shape index (κ1) is 24.3. The molecule has 34 heavy (non-hydrogen) atoms. The Kier molecular flexibility index (Phi) is 9.36. The zero-order valence-electron chi connectivity index (χ0n) is 19.2. The summed E-state index contributed by atoms with van der Waals surface area (Å²) < 4.78 is 16.8. The van der Waals surface area contributed by atoms with Gasteiger partial charge in [0.15, 0.2) is 0 Å². The molecule has 1 saturated heterocycles. The second-order valence-corrected chi connectivity index (χ2v) is 8.96. The number of carbonyl (C=O) groups excluding carboxylic acids is 1. The molecule has 180 valence electrons. The number of morpholine rings is 1. The molecule has 4 rings (SSSR count). The number of hydrogen-bond acceptors (Lipinski definition) is 8. The van der Waals surface area contributed by atoms with E-state index < -0.39 is 0 Å². The number of para-hydroxylation sites is 1. The van der Waals surface area contributed by atoms with Crippen LogP contribution in [0.5, 0.6) is 5.75 Å². The summed E-state index contributed by atoms with van der Waals surface area (Å²) in [6.45, 7) is 5.76. The van der Waals surface area contributed by atoms with Crippen LogP contribution in [0.1, 0.15) is 22.7 Å². The van der Waals surface area contributed by atoms with Gasteiger partial charge < -0.3 is 19.2 Å². The summed E-state index contributed by atoms with van der Waals surface area (Å²) in [4.78, 5) is 14.8. The smallest absolute Gasteiger partial charge is 0.251 e. The van der Waals surface area contributed by atoms with Crippen LogP contribution in [0.4, 0.5) is 0 Å².